The third-order valence-electron chi connectivity index (χ3n) is 2.22. The fourth-order valence-electron chi connectivity index (χ4n) is 1.47. The van der Waals surface area contributed by atoms with Gasteiger partial charge >= 0.3 is 0 Å². The molecule has 0 fully saturated rings. The van der Waals surface area contributed by atoms with Crippen LogP contribution < -0.4 is 3.53 Å². The van der Waals surface area contributed by atoms with Crippen molar-refractivity contribution in [3.63, 3.8) is 0 Å². The Labute approximate surface area is 108 Å². The van der Waals surface area contributed by atoms with Crippen molar-refractivity contribution in [3.8, 4) is 0 Å². The average molecular weight is 319 g/mol. The molecule has 15 heavy (non-hydrogen) atoms. The van der Waals surface area contributed by atoms with E-state index >= 15 is 0 Å². The van der Waals surface area contributed by atoms with E-state index < -0.39 is 0 Å². The third-order valence-corrected chi connectivity index (χ3v) is 2.75. The molecule has 0 amide bonds. The quantitative estimate of drug-likeness (QED) is 0.498. The second-order valence-corrected chi connectivity index (χ2v) is 4.18. The number of halogens is 1. The highest BCUT2D eigenvalue weighted by atomic mass is 127. The molecular formula is C13H22IN. The Morgan fingerprint density at radius 2 is 1.87 bits per heavy atom. The first kappa shape index (κ1) is 14.9. The maximum absolute atomic E-state index is 3.14. The molecule has 1 aromatic carbocycles. The molecule has 0 spiro atoms. The van der Waals surface area contributed by atoms with Gasteiger partial charge in [-0.1, -0.05) is 37.6 Å². The lowest BCUT2D eigenvalue weighted by molar-refractivity contribution is 0.807. The van der Waals surface area contributed by atoms with E-state index in [1.807, 2.05) is 13.8 Å². The number of nitrogens with one attached hydrogen (secondary N) is 1. The monoisotopic (exact) mass is 319 g/mol. The topological polar surface area (TPSA) is 12.0 Å². The average Bonchev–Trinajstić information content (AvgIpc) is 2.24. The zero-order chi connectivity index (χ0) is 11.7. The molecule has 0 unspecified atom stereocenters. The minimum Gasteiger partial charge on any atom is -0.261 e. The summed E-state index contributed by atoms with van der Waals surface area (Å²) in [5.74, 6) is 0. The van der Waals surface area contributed by atoms with E-state index in [1.165, 1.54) is 29.5 Å². The van der Waals surface area contributed by atoms with Gasteiger partial charge in [-0.25, -0.2) is 0 Å². The second-order valence-electron chi connectivity index (χ2n) is 3.42. The van der Waals surface area contributed by atoms with Crippen molar-refractivity contribution in [2.45, 2.75) is 40.5 Å². The molecule has 0 aromatic heterocycles. The van der Waals surface area contributed by atoms with Crippen molar-refractivity contribution in [2.75, 3.05) is 6.54 Å². The van der Waals surface area contributed by atoms with Crippen LogP contribution in [0.2, 0.25) is 0 Å². The Morgan fingerprint density at radius 3 is 2.40 bits per heavy atom. The Hall–Kier alpha value is -0.0900. The van der Waals surface area contributed by atoms with E-state index in [2.05, 4.69) is 58.4 Å². The summed E-state index contributed by atoms with van der Waals surface area (Å²) in [5, 5.41) is 0. The van der Waals surface area contributed by atoms with Crippen LogP contribution in [0.5, 0.6) is 0 Å². The van der Waals surface area contributed by atoms with Gasteiger partial charge in [0.05, 0.1) is 0 Å². The molecule has 0 bridgehead atoms. The molecule has 86 valence electrons. The fourth-order valence-corrected chi connectivity index (χ4v) is 1.85. The summed E-state index contributed by atoms with van der Waals surface area (Å²) < 4.78 is 3.14. The van der Waals surface area contributed by atoms with Crippen molar-refractivity contribution in [2.24, 2.45) is 0 Å². The van der Waals surface area contributed by atoms with Gasteiger partial charge in [-0.3, -0.25) is 3.53 Å². The Kier molecular flexibility index (Phi) is 9.10. The molecule has 1 nitrogen and oxygen atoms in total. The first-order valence-corrected chi connectivity index (χ1v) is 6.71. The standard InChI is InChI=1S/C11H16IN.C2H6/c1-9-5-6-11(10(2)8-9)4-3-7-13-12;1-2/h5-6,8,13H,3-4,7H2,1-2H3;1-2H3. The van der Waals surface area contributed by atoms with E-state index in [0.717, 1.165) is 6.54 Å². The molecule has 0 aliphatic carbocycles. The normalized spacial score (nSPS) is 9.40. The molecule has 0 heterocycles. The smallest absolute Gasteiger partial charge is 0.0169 e. The van der Waals surface area contributed by atoms with Crippen LogP contribution in [-0.4, -0.2) is 6.54 Å². The lowest BCUT2D eigenvalue weighted by Crippen LogP contribution is -2.02. The van der Waals surface area contributed by atoms with Gasteiger partial charge in [0, 0.05) is 29.4 Å². The summed E-state index contributed by atoms with van der Waals surface area (Å²) >= 11 is 2.19. The summed E-state index contributed by atoms with van der Waals surface area (Å²) in [7, 11) is 0. The number of benzene rings is 1. The maximum atomic E-state index is 3.14. The minimum atomic E-state index is 1.09. The lowest BCUT2D eigenvalue weighted by atomic mass is 10.0. The van der Waals surface area contributed by atoms with Crippen molar-refractivity contribution in [1.29, 1.82) is 0 Å². The highest BCUT2D eigenvalue weighted by molar-refractivity contribution is 14.1. The summed E-state index contributed by atoms with van der Waals surface area (Å²) in [6, 6.07) is 6.70. The molecule has 0 saturated heterocycles. The third kappa shape index (κ3) is 6.15. The predicted molar refractivity (Wildman–Crippen MR) is 77.6 cm³/mol. The molecule has 0 aliphatic rings. The van der Waals surface area contributed by atoms with E-state index in [1.54, 1.807) is 0 Å². The minimum absolute atomic E-state index is 1.09. The van der Waals surface area contributed by atoms with Crippen LogP contribution in [0.3, 0.4) is 0 Å². The summed E-state index contributed by atoms with van der Waals surface area (Å²) in [6.45, 7) is 9.43. The van der Waals surface area contributed by atoms with Gasteiger partial charge < -0.3 is 0 Å². The second kappa shape index (κ2) is 9.16. The Balaban J connectivity index is 0.000000921. The van der Waals surface area contributed by atoms with Crippen LogP contribution in [0, 0.1) is 13.8 Å². The molecule has 2 heteroatoms. The Morgan fingerprint density at radius 1 is 1.20 bits per heavy atom. The maximum Gasteiger partial charge on any atom is 0.0169 e. The number of rotatable bonds is 4. The van der Waals surface area contributed by atoms with Crippen molar-refractivity contribution in [1.82, 2.24) is 3.53 Å². The van der Waals surface area contributed by atoms with E-state index in [0.29, 0.717) is 0 Å². The van der Waals surface area contributed by atoms with Crippen LogP contribution in [0.15, 0.2) is 18.2 Å². The van der Waals surface area contributed by atoms with Crippen molar-refractivity contribution in [3.05, 3.63) is 34.9 Å². The lowest BCUT2D eigenvalue weighted by Gasteiger charge is -2.05. The van der Waals surface area contributed by atoms with Gasteiger partial charge in [0.25, 0.3) is 0 Å². The largest absolute Gasteiger partial charge is 0.261 e. The summed E-state index contributed by atoms with van der Waals surface area (Å²) in [4.78, 5) is 0. The zero-order valence-electron chi connectivity index (χ0n) is 10.2. The van der Waals surface area contributed by atoms with Crippen LogP contribution in [0.25, 0.3) is 0 Å². The molecule has 1 rings (SSSR count). The first-order chi connectivity index (χ1) is 7.24. The van der Waals surface area contributed by atoms with E-state index in [4.69, 9.17) is 0 Å². The van der Waals surface area contributed by atoms with Crippen LogP contribution in [0.1, 0.15) is 37.0 Å². The SMILES string of the molecule is CC.Cc1ccc(CCCNI)c(C)c1. The van der Waals surface area contributed by atoms with Crippen LogP contribution >= 0.6 is 22.9 Å². The van der Waals surface area contributed by atoms with Crippen LogP contribution in [0.4, 0.5) is 0 Å². The highest BCUT2D eigenvalue weighted by Crippen LogP contribution is 2.12. The first-order valence-electron chi connectivity index (χ1n) is 5.63. The van der Waals surface area contributed by atoms with Gasteiger partial charge in [-0.2, -0.15) is 0 Å². The Bertz CT molecular complexity index is 271. The van der Waals surface area contributed by atoms with Gasteiger partial charge in [-0.15, -0.1) is 0 Å². The van der Waals surface area contributed by atoms with E-state index in [9.17, 15) is 0 Å². The van der Waals surface area contributed by atoms with Gasteiger partial charge in [0.15, 0.2) is 0 Å². The zero-order valence-corrected chi connectivity index (χ0v) is 12.4. The molecular weight excluding hydrogens is 297 g/mol. The van der Waals surface area contributed by atoms with Gasteiger partial charge in [0.1, 0.15) is 0 Å². The van der Waals surface area contributed by atoms with Crippen LogP contribution in [-0.2, 0) is 6.42 Å². The molecule has 1 aromatic rings. The number of aryl methyl sites for hydroxylation is 3. The molecule has 0 radical (unpaired) electrons. The molecule has 1 N–H and O–H groups in total. The highest BCUT2D eigenvalue weighted by Gasteiger charge is 1.97. The van der Waals surface area contributed by atoms with Gasteiger partial charge in [-0.05, 0) is 37.8 Å². The number of hydrogen-bond acceptors (Lipinski definition) is 1. The van der Waals surface area contributed by atoms with Crippen molar-refractivity contribution < 1.29 is 0 Å². The van der Waals surface area contributed by atoms with Gasteiger partial charge in [0.2, 0.25) is 0 Å². The van der Waals surface area contributed by atoms with Crippen molar-refractivity contribution >= 4 is 22.9 Å². The summed E-state index contributed by atoms with van der Waals surface area (Å²) in [5.41, 5.74) is 4.26. The molecule has 0 aliphatic heterocycles. The molecule has 0 atom stereocenters. The summed E-state index contributed by atoms with van der Waals surface area (Å²) in [6.07, 6.45) is 2.40. The van der Waals surface area contributed by atoms with E-state index in [-0.39, 0.29) is 0 Å². The predicted octanol–water partition coefficient (Wildman–Crippen LogP) is 4.20. The number of hydrogen-bond donors (Lipinski definition) is 1. The fraction of sp³-hybridized carbons (Fsp3) is 0.538. The molecule has 0 saturated carbocycles.